The minimum atomic E-state index is -0.371. The third kappa shape index (κ3) is 5.52. The molecule has 0 spiro atoms. The fourth-order valence-corrected chi connectivity index (χ4v) is 3.02. The zero-order valence-electron chi connectivity index (χ0n) is 15.4. The number of hydrogen-bond acceptors (Lipinski definition) is 5. The third-order valence-electron chi connectivity index (χ3n) is 4.34. The van der Waals surface area contributed by atoms with Crippen LogP contribution in [0.4, 0.5) is 11.5 Å². The molecule has 1 aromatic carbocycles. The summed E-state index contributed by atoms with van der Waals surface area (Å²) in [4.78, 5) is 30.5. The Balaban J connectivity index is 1.60. The Kier molecular flexibility index (Phi) is 6.38. The van der Waals surface area contributed by atoms with Gasteiger partial charge < -0.3 is 20.3 Å². The molecule has 27 heavy (non-hydrogen) atoms. The van der Waals surface area contributed by atoms with E-state index in [1.807, 2.05) is 42.5 Å². The summed E-state index contributed by atoms with van der Waals surface area (Å²) >= 11 is 0. The van der Waals surface area contributed by atoms with E-state index < -0.39 is 0 Å². The van der Waals surface area contributed by atoms with Crippen molar-refractivity contribution in [3.05, 3.63) is 54.2 Å². The second-order valence-electron chi connectivity index (χ2n) is 6.42. The molecule has 1 fully saturated rings. The highest BCUT2D eigenvalue weighted by Gasteiger charge is 2.17. The van der Waals surface area contributed by atoms with Crippen molar-refractivity contribution in [2.45, 2.75) is 19.4 Å². The molecular formula is C20H24N4O3. The van der Waals surface area contributed by atoms with Gasteiger partial charge in [0.15, 0.2) is 0 Å². The summed E-state index contributed by atoms with van der Waals surface area (Å²) in [5.41, 5.74) is 1.52. The molecule has 1 saturated heterocycles. The van der Waals surface area contributed by atoms with Gasteiger partial charge in [0.2, 0.25) is 11.8 Å². The van der Waals surface area contributed by atoms with Crippen LogP contribution >= 0.6 is 0 Å². The highest BCUT2D eigenvalue weighted by Crippen LogP contribution is 2.19. The monoisotopic (exact) mass is 368 g/mol. The van der Waals surface area contributed by atoms with Crippen LogP contribution in [0.2, 0.25) is 0 Å². The van der Waals surface area contributed by atoms with E-state index in [2.05, 4.69) is 20.5 Å². The Morgan fingerprint density at radius 3 is 2.52 bits per heavy atom. The van der Waals surface area contributed by atoms with Crippen LogP contribution in [0.15, 0.2) is 48.7 Å². The van der Waals surface area contributed by atoms with Gasteiger partial charge in [0.1, 0.15) is 5.82 Å². The minimum Gasteiger partial charge on any atom is -0.378 e. The number of morpholine rings is 1. The Labute approximate surface area is 158 Å². The summed E-state index contributed by atoms with van der Waals surface area (Å²) in [6.07, 6.45) is 1.80. The van der Waals surface area contributed by atoms with Crippen LogP contribution in [-0.4, -0.2) is 43.1 Å². The van der Waals surface area contributed by atoms with E-state index in [1.54, 1.807) is 6.20 Å². The predicted octanol–water partition coefficient (Wildman–Crippen LogP) is 2.12. The van der Waals surface area contributed by atoms with Crippen molar-refractivity contribution in [3.8, 4) is 0 Å². The van der Waals surface area contributed by atoms with Gasteiger partial charge in [-0.15, -0.1) is 0 Å². The molecule has 0 aliphatic carbocycles. The molecule has 1 aliphatic heterocycles. The standard InChI is InChI=1S/C20H24N4O3/c1-15(25)22-18(16-5-3-2-4-6-16)13-20(26)23-17-7-8-19(21-14-17)24-9-11-27-12-10-24/h2-8,14,18H,9-13H2,1H3,(H,22,25)(H,23,26). The molecule has 2 N–H and O–H groups in total. The molecule has 1 atom stereocenters. The van der Waals surface area contributed by atoms with Crippen molar-refractivity contribution < 1.29 is 14.3 Å². The summed E-state index contributed by atoms with van der Waals surface area (Å²) in [5.74, 6) is 0.517. The molecule has 0 saturated carbocycles. The van der Waals surface area contributed by atoms with Crippen molar-refractivity contribution in [3.63, 3.8) is 0 Å². The molecule has 1 aliphatic rings. The topological polar surface area (TPSA) is 83.6 Å². The number of benzene rings is 1. The highest BCUT2D eigenvalue weighted by atomic mass is 16.5. The normalized spacial score (nSPS) is 15.1. The number of anilines is 2. The van der Waals surface area contributed by atoms with E-state index in [1.165, 1.54) is 6.92 Å². The van der Waals surface area contributed by atoms with Crippen molar-refractivity contribution in [2.24, 2.45) is 0 Å². The van der Waals surface area contributed by atoms with E-state index in [4.69, 9.17) is 4.74 Å². The highest BCUT2D eigenvalue weighted by molar-refractivity contribution is 5.91. The average Bonchev–Trinajstić information content (AvgIpc) is 2.69. The van der Waals surface area contributed by atoms with Crippen molar-refractivity contribution in [1.82, 2.24) is 10.3 Å². The van der Waals surface area contributed by atoms with E-state index in [-0.39, 0.29) is 24.3 Å². The van der Waals surface area contributed by atoms with Crippen molar-refractivity contribution in [1.29, 1.82) is 0 Å². The number of amides is 2. The van der Waals surface area contributed by atoms with Crippen LogP contribution in [0, 0.1) is 0 Å². The van der Waals surface area contributed by atoms with Gasteiger partial charge in [-0.25, -0.2) is 4.98 Å². The number of nitrogens with zero attached hydrogens (tertiary/aromatic N) is 2. The maximum absolute atomic E-state index is 12.4. The first-order valence-corrected chi connectivity index (χ1v) is 9.02. The Hall–Kier alpha value is -2.93. The van der Waals surface area contributed by atoms with Gasteiger partial charge in [0.25, 0.3) is 0 Å². The predicted molar refractivity (Wildman–Crippen MR) is 104 cm³/mol. The van der Waals surface area contributed by atoms with Crippen LogP contribution in [-0.2, 0) is 14.3 Å². The number of carbonyl (C=O) groups is 2. The molecule has 7 heteroatoms. The van der Waals surface area contributed by atoms with E-state index in [0.29, 0.717) is 18.9 Å². The van der Waals surface area contributed by atoms with E-state index in [0.717, 1.165) is 24.5 Å². The van der Waals surface area contributed by atoms with E-state index >= 15 is 0 Å². The lowest BCUT2D eigenvalue weighted by Gasteiger charge is -2.27. The maximum atomic E-state index is 12.4. The molecule has 1 aromatic heterocycles. The molecule has 2 amide bonds. The minimum absolute atomic E-state index is 0.148. The molecule has 3 rings (SSSR count). The lowest BCUT2D eigenvalue weighted by molar-refractivity contribution is -0.120. The van der Waals surface area contributed by atoms with Gasteiger partial charge in [0, 0.05) is 20.0 Å². The van der Waals surface area contributed by atoms with Crippen LogP contribution < -0.4 is 15.5 Å². The van der Waals surface area contributed by atoms with Gasteiger partial charge in [-0.3, -0.25) is 9.59 Å². The first-order valence-electron chi connectivity index (χ1n) is 9.02. The van der Waals surface area contributed by atoms with E-state index in [9.17, 15) is 9.59 Å². The quantitative estimate of drug-likeness (QED) is 0.816. The lowest BCUT2D eigenvalue weighted by Crippen LogP contribution is -2.36. The lowest BCUT2D eigenvalue weighted by atomic mass is 10.0. The van der Waals surface area contributed by atoms with Crippen molar-refractivity contribution >= 4 is 23.3 Å². The maximum Gasteiger partial charge on any atom is 0.226 e. The Bertz CT molecular complexity index is 759. The Morgan fingerprint density at radius 2 is 1.89 bits per heavy atom. The number of rotatable bonds is 6. The smallest absolute Gasteiger partial charge is 0.226 e. The fourth-order valence-electron chi connectivity index (χ4n) is 3.02. The molecule has 1 unspecified atom stereocenters. The largest absolute Gasteiger partial charge is 0.378 e. The first kappa shape index (κ1) is 18.8. The molecule has 2 aromatic rings. The molecular weight excluding hydrogens is 344 g/mol. The van der Waals surface area contributed by atoms with Crippen LogP contribution in [0.1, 0.15) is 24.9 Å². The molecule has 142 valence electrons. The van der Waals surface area contributed by atoms with Gasteiger partial charge in [0.05, 0.1) is 37.6 Å². The number of carbonyl (C=O) groups excluding carboxylic acids is 2. The zero-order valence-corrected chi connectivity index (χ0v) is 15.4. The van der Waals surface area contributed by atoms with Gasteiger partial charge in [-0.1, -0.05) is 30.3 Å². The van der Waals surface area contributed by atoms with Gasteiger partial charge >= 0.3 is 0 Å². The van der Waals surface area contributed by atoms with Crippen LogP contribution in [0.25, 0.3) is 0 Å². The second kappa shape index (κ2) is 9.14. The fraction of sp³-hybridized carbons (Fsp3) is 0.350. The molecule has 2 heterocycles. The molecule has 0 radical (unpaired) electrons. The summed E-state index contributed by atoms with van der Waals surface area (Å²) in [7, 11) is 0. The van der Waals surface area contributed by atoms with Gasteiger partial charge in [-0.2, -0.15) is 0 Å². The molecule has 0 bridgehead atoms. The number of hydrogen-bond donors (Lipinski definition) is 2. The summed E-state index contributed by atoms with van der Waals surface area (Å²) < 4.78 is 5.34. The van der Waals surface area contributed by atoms with Crippen LogP contribution in [0.5, 0.6) is 0 Å². The Morgan fingerprint density at radius 1 is 1.15 bits per heavy atom. The summed E-state index contributed by atoms with van der Waals surface area (Å²) in [5, 5.41) is 5.68. The summed E-state index contributed by atoms with van der Waals surface area (Å²) in [6, 6.07) is 12.8. The number of pyridine rings is 1. The SMILES string of the molecule is CC(=O)NC(CC(=O)Nc1ccc(N2CCOCC2)nc1)c1ccccc1. The van der Waals surface area contributed by atoms with Crippen molar-refractivity contribution in [2.75, 3.05) is 36.5 Å². The van der Waals surface area contributed by atoms with Crippen LogP contribution in [0.3, 0.4) is 0 Å². The average molecular weight is 368 g/mol. The number of nitrogens with one attached hydrogen (secondary N) is 2. The molecule has 7 nitrogen and oxygen atoms in total. The number of aromatic nitrogens is 1. The zero-order chi connectivity index (χ0) is 19.1. The second-order valence-corrected chi connectivity index (χ2v) is 6.42. The number of ether oxygens (including phenoxy) is 1. The third-order valence-corrected chi connectivity index (χ3v) is 4.34. The first-order chi connectivity index (χ1) is 13.1. The van der Waals surface area contributed by atoms with Gasteiger partial charge in [-0.05, 0) is 17.7 Å². The summed E-state index contributed by atoms with van der Waals surface area (Å²) in [6.45, 7) is 4.47.